The van der Waals surface area contributed by atoms with Crippen molar-refractivity contribution in [2.45, 2.75) is 102 Å². The molecule has 2 amide bonds. The lowest BCUT2D eigenvalue weighted by Crippen LogP contribution is -2.44. The number of ether oxygens (including phenoxy) is 1. The smallest absolute Gasteiger partial charge is 0.223 e. The van der Waals surface area contributed by atoms with E-state index < -0.39 is 0 Å². The van der Waals surface area contributed by atoms with Crippen LogP contribution in [0.3, 0.4) is 0 Å². The van der Waals surface area contributed by atoms with Gasteiger partial charge in [0.15, 0.2) is 0 Å². The fourth-order valence-electron chi connectivity index (χ4n) is 4.36. The summed E-state index contributed by atoms with van der Waals surface area (Å²) in [5.74, 6) is 0.205. The summed E-state index contributed by atoms with van der Waals surface area (Å²) in [4.78, 5) is 27.0. The number of likely N-dealkylation sites (tertiary alicyclic amines) is 1. The summed E-state index contributed by atoms with van der Waals surface area (Å²) in [5.41, 5.74) is 0. The number of piperidine rings is 1. The lowest BCUT2D eigenvalue weighted by Gasteiger charge is -2.36. The molecule has 0 aromatic rings. The van der Waals surface area contributed by atoms with Gasteiger partial charge in [-0.1, -0.05) is 32.1 Å². The summed E-state index contributed by atoms with van der Waals surface area (Å²) < 4.78 is 5.14. The van der Waals surface area contributed by atoms with Gasteiger partial charge in [0.1, 0.15) is 0 Å². The Labute approximate surface area is 159 Å². The van der Waals surface area contributed by atoms with E-state index in [-0.39, 0.29) is 11.8 Å². The zero-order valence-corrected chi connectivity index (χ0v) is 16.6. The lowest BCUT2D eigenvalue weighted by molar-refractivity contribution is -0.137. The van der Waals surface area contributed by atoms with Crippen molar-refractivity contribution in [2.75, 3.05) is 20.3 Å². The highest BCUT2D eigenvalue weighted by Crippen LogP contribution is 2.22. The maximum atomic E-state index is 12.7. The molecule has 1 aliphatic heterocycles. The van der Waals surface area contributed by atoms with Gasteiger partial charge < -0.3 is 15.0 Å². The van der Waals surface area contributed by atoms with Crippen molar-refractivity contribution in [1.29, 1.82) is 0 Å². The molecular formula is C21H38N2O3. The molecule has 1 unspecified atom stereocenters. The summed E-state index contributed by atoms with van der Waals surface area (Å²) in [7, 11) is 1.72. The van der Waals surface area contributed by atoms with Crippen LogP contribution in [0, 0.1) is 0 Å². The van der Waals surface area contributed by atoms with Crippen molar-refractivity contribution >= 4 is 11.8 Å². The van der Waals surface area contributed by atoms with Crippen LogP contribution in [0.2, 0.25) is 0 Å². The van der Waals surface area contributed by atoms with E-state index in [2.05, 4.69) is 5.32 Å². The van der Waals surface area contributed by atoms with E-state index in [9.17, 15) is 9.59 Å². The minimum absolute atomic E-state index is 0.0527. The van der Waals surface area contributed by atoms with Crippen LogP contribution in [0.5, 0.6) is 0 Å². The van der Waals surface area contributed by atoms with Crippen LogP contribution in [0.4, 0.5) is 0 Å². The van der Waals surface area contributed by atoms with Crippen LogP contribution in [0.25, 0.3) is 0 Å². The molecule has 0 spiro atoms. The van der Waals surface area contributed by atoms with Crippen molar-refractivity contribution in [3.05, 3.63) is 0 Å². The maximum Gasteiger partial charge on any atom is 0.223 e. The normalized spacial score (nSPS) is 22.5. The highest BCUT2D eigenvalue weighted by Gasteiger charge is 2.26. The Morgan fingerprint density at radius 2 is 1.65 bits per heavy atom. The van der Waals surface area contributed by atoms with E-state index in [1.807, 2.05) is 4.90 Å². The molecule has 0 radical (unpaired) electrons. The van der Waals surface area contributed by atoms with Crippen LogP contribution in [0.15, 0.2) is 0 Å². The Morgan fingerprint density at radius 1 is 0.962 bits per heavy atom. The van der Waals surface area contributed by atoms with E-state index in [0.717, 1.165) is 51.7 Å². The van der Waals surface area contributed by atoms with Crippen molar-refractivity contribution in [3.63, 3.8) is 0 Å². The van der Waals surface area contributed by atoms with Crippen LogP contribution < -0.4 is 5.32 Å². The van der Waals surface area contributed by atoms with Crippen molar-refractivity contribution in [1.82, 2.24) is 10.2 Å². The third-order valence-corrected chi connectivity index (χ3v) is 5.87. The molecule has 0 aromatic carbocycles. The van der Waals surface area contributed by atoms with Gasteiger partial charge in [-0.15, -0.1) is 0 Å². The van der Waals surface area contributed by atoms with E-state index >= 15 is 0 Å². The summed E-state index contributed by atoms with van der Waals surface area (Å²) in [6.07, 6.45) is 14.5. The lowest BCUT2D eigenvalue weighted by atomic mass is 9.96. The summed E-state index contributed by atoms with van der Waals surface area (Å²) in [6.45, 7) is 1.60. The molecule has 5 heteroatoms. The number of hydrogen-bond acceptors (Lipinski definition) is 3. The zero-order chi connectivity index (χ0) is 18.6. The Morgan fingerprint density at radius 3 is 2.38 bits per heavy atom. The van der Waals surface area contributed by atoms with E-state index in [4.69, 9.17) is 4.74 Å². The largest absolute Gasteiger partial charge is 0.385 e. The monoisotopic (exact) mass is 366 g/mol. The fourth-order valence-corrected chi connectivity index (χ4v) is 4.36. The quantitative estimate of drug-likeness (QED) is 0.665. The maximum absolute atomic E-state index is 12.7. The minimum atomic E-state index is 0.0527. The van der Waals surface area contributed by atoms with Crippen molar-refractivity contribution in [2.24, 2.45) is 0 Å². The van der Waals surface area contributed by atoms with Gasteiger partial charge in [-0.25, -0.2) is 0 Å². The molecular weight excluding hydrogens is 328 g/mol. The van der Waals surface area contributed by atoms with Gasteiger partial charge in [0, 0.05) is 45.2 Å². The number of hydrogen-bond donors (Lipinski definition) is 1. The average molecular weight is 367 g/mol. The van der Waals surface area contributed by atoms with Gasteiger partial charge in [0.05, 0.1) is 0 Å². The van der Waals surface area contributed by atoms with E-state index in [1.54, 1.807) is 7.11 Å². The van der Waals surface area contributed by atoms with Gasteiger partial charge in [-0.05, 0) is 44.9 Å². The molecule has 2 aliphatic rings. The standard InChI is InChI=1S/C21H38N2O3/c1-26-17-9-13-19-12-7-8-16-23(19)21(25)15-14-20(24)22-18-10-5-3-2-4-6-11-18/h18-19H,2-17H2,1H3,(H,22,24). The van der Waals surface area contributed by atoms with Crippen LogP contribution >= 0.6 is 0 Å². The molecule has 26 heavy (non-hydrogen) atoms. The molecule has 150 valence electrons. The Balaban J connectivity index is 1.72. The fraction of sp³-hybridized carbons (Fsp3) is 0.905. The number of methoxy groups -OCH3 is 1. The second kappa shape index (κ2) is 12.3. The second-order valence-electron chi connectivity index (χ2n) is 7.98. The molecule has 1 saturated carbocycles. The van der Waals surface area contributed by atoms with Gasteiger partial charge in [0.2, 0.25) is 11.8 Å². The highest BCUT2D eigenvalue weighted by atomic mass is 16.5. The first-order valence-corrected chi connectivity index (χ1v) is 10.8. The molecule has 1 aliphatic carbocycles. The van der Waals surface area contributed by atoms with Crippen LogP contribution in [-0.2, 0) is 14.3 Å². The minimum Gasteiger partial charge on any atom is -0.385 e. The van der Waals surface area contributed by atoms with E-state index in [0.29, 0.717) is 24.9 Å². The SMILES string of the molecule is COCCCC1CCCCN1C(=O)CCC(=O)NC1CCCCCCC1. The number of amides is 2. The third kappa shape index (κ3) is 7.65. The molecule has 1 N–H and O–H groups in total. The summed E-state index contributed by atoms with van der Waals surface area (Å²) >= 11 is 0. The first-order chi connectivity index (χ1) is 12.7. The molecule has 1 atom stereocenters. The van der Waals surface area contributed by atoms with Crippen LogP contribution in [-0.4, -0.2) is 49.1 Å². The van der Waals surface area contributed by atoms with Gasteiger partial charge in [-0.3, -0.25) is 9.59 Å². The second-order valence-corrected chi connectivity index (χ2v) is 7.98. The van der Waals surface area contributed by atoms with Gasteiger partial charge in [-0.2, -0.15) is 0 Å². The Hall–Kier alpha value is -1.10. The summed E-state index contributed by atoms with van der Waals surface area (Å²) in [6, 6.07) is 0.648. The van der Waals surface area contributed by atoms with Gasteiger partial charge >= 0.3 is 0 Å². The topological polar surface area (TPSA) is 58.6 Å². The Bertz CT molecular complexity index is 419. The molecule has 2 rings (SSSR count). The predicted molar refractivity (Wildman–Crippen MR) is 104 cm³/mol. The number of nitrogens with zero attached hydrogens (tertiary/aromatic N) is 1. The Kier molecular flexibility index (Phi) is 10.0. The molecule has 0 aromatic heterocycles. The number of nitrogens with one attached hydrogen (secondary N) is 1. The zero-order valence-electron chi connectivity index (χ0n) is 16.6. The highest BCUT2D eigenvalue weighted by molar-refractivity contribution is 5.84. The average Bonchev–Trinajstić information content (AvgIpc) is 2.62. The van der Waals surface area contributed by atoms with E-state index in [1.165, 1.54) is 38.5 Å². The molecule has 2 fully saturated rings. The first-order valence-electron chi connectivity index (χ1n) is 10.8. The number of rotatable bonds is 8. The predicted octanol–water partition coefficient (Wildman–Crippen LogP) is 3.80. The number of carbonyl (C=O) groups is 2. The molecule has 1 saturated heterocycles. The molecule has 0 bridgehead atoms. The van der Waals surface area contributed by atoms with Crippen molar-refractivity contribution < 1.29 is 14.3 Å². The number of carbonyl (C=O) groups excluding carboxylic acids is 2. The molecule has 1 heterocycles. The van der Waals surface area contributed by atoms with Crippen LogP contribution in [0.1, 0.15) is 89.9 Å². The first kappa shape index (κ1) is 21.2. The van der Waals surface area contributed by atoms with Gasteiger partial charge in [0.25, 0.3) is 0 Å². The molecule has 5 nitrogen and oxygen atoms in total. The summed E-state index contributed by atoms with van der Waals surface area (Å²) in [5, 5.41) is 3.17. The third-order valence-electron chi connectivity index (χ3n) is 5.87. The van der Waals surface area contributed by atoms with Crippen molar-refractivity contribution in [3.8, 4) is 0 Å².